The van der Waals surface area contributed by atoms with Gasteiger partial charge in [0, 0.05) is 0 Å². The molecule has 1 atom stereocenters. The lowest BCUT2D eigenvalue weighted by Crippen LogP contribution is -2.29. The highest BCUT2D eigenvalue weighted by Gasteiger charge is 2.13. The molecule has 0 fully saturated rings. The first kappa shape index (κ1) is 13.9. The van der Waals surface area contributed by atoms with Crippen molar-refractivity contribution in [1.82, 2.24) is 5.43 Å². The maximum atomic E-state index is 13.1. The Kier molecular flexibility index (Phi) is 4.66. The van der Waals surface area contributed by atoms with Gasteiger partial charge in [0.2, 0.25) is 0 Å². The van der Waals surface area contributed by atoms with E-state index >= 15 is 0 Å². The normalized spacial score (nSPS) is 12.7. The minimum atomic E-state index is -0.832. The van der Waals surface area contributed by atoms with E-state index in [-0.39, 0.29) is 6.04 Å². The highest BCUT2D eigenvalue weighted by molar-refractivity contribution is 14.1. The predicted molar refractivity (Wildman–Crippen MR) is 77.2 cm³/mol. The van der Waals surface area contributed by atoms with Gasteiger partial charge in [0.05, 0.1) is 8.93 Å². The lowest BCUT2D eigenvalue weighted by molar-refractivity contribution is 0.502. The Bertz CT molecular complexity index is 545. The zero-order valence-corrected chi connectivity index (χ0v) is 12.3. The number of nitrogens with one attached hydrogen (secondary N) is 1. The topological polar surface area (TPSA) is 38.0 Å². The number of thiophene rings is 1. The van der Waals surface area contributed by atoms with Crippen molar-refractivity contribution in [2.75, 3.05) is 0 Å². The summed E-state index contributed by atoms with van der Waals surface area (Å²) in [5.74, 6) is 3.85. The van der Waals surface area contributed by atoms with E-state index in [0.29, 0.717) is 12.0 Å². The molecule has 0 aliphatic rings. The number of hydrazine groups is 1. The molecule has 0 radical (unpaired) electrons. The second-order valence-electron chi connectivity index (χ2n) is 3.86. The molecular formula is C12H11F2IN2S. The first-order valence-electron chi connectivity index (χ1n) is 5.24. The Morgan fingerprint density at radius 3 is 2.61 bits per heavy atom. The highest BCUT2D eigenvalue weighted by Crippen LogP contribution is 2.25. The number of hydrogen-bond donors (Lipinski definition) is 2. The van der Waals surface area contributed by atoms with Gasteiger partial charge >= 0.3 is 0 Å². The molecule has 2 rings (SSSR count). The van der Waals surface area contributed by atoms with Gasteiger partial charge in [0.25, 0.3) is 0 Å². The smallest absolute Gasteiger partial charge is 0.159 e. The molecule has 2 aromatic rings. The van der Waals surface area contributed by atoms with E-state index in [2.05, 4.69) is 28.0 Å². The third-order valence-corrected chi connectivity index (χ3v) is 4.42. The number of hydrogen-bond acceptors (Lipinski definition) is 3. The van der Waals surface area contributed by atoms with Gasteiger partial charge in [0.1, 0.15) is 0 Å². The second-order valence-corrected chi connectivity index (χ2v) is 6.66. The Morgan fingerprint density at radius 2 is 2.06 bits per heavy atom. The van der Waals surface area contributed by atoms with Crippen molar-refractivity contribution < 1.29 is 8.78 Å². The number of rotatable bonds is 4. The van der Waals surface area contributed by atoms with Crippen molar-refractivity contribution in [1.29, 1.82) is 0 Å². The summed E-state index contributed by atoms with van der Waals surface area (Å²) in [6.45, 7) is 0. The fourth-order valence-corrected chi connectivity index (χ4v) is 3.11. The molecule has 96 valence electrons. The molecule has 0 spiro atoms. The summed E-state index contributed by atoms with van der Waals surface area (Å²) in [5.41, 5.74) is 4.46. The molecule has 0 amide bonds. The average Bonchev–Trinajstić information content (AvgIpc) is 2.77. The van der Waals surface area contributed by atoms with Crippen molar-refractivity contribution in [2.24, 2.45) is 5.84 Å². The van der Waals surface area contributed by atoms with Crippen LogP contribution in [0, 0.1) is 14.5 Å². The first-order chi connectivity index (χ1) is 8.60. The monoisotopic (exact) mass is 380 g/mol. The molecule has 18 heavy (non-hydrogen) atoms. The number of benzene rings is 1. The van der Waals surface area contributed by atoms with Gasteiger partial charge in [-0.15, -0.1) is 11.3 Å². The molecule has 3 N–H and O–H groups in total. The summed E-state index contributed by atoms with van der Waals surface area (Å²) in [6.07, 6.45) is 0.514. The van der Waals surface area contributed by atoms with Crippen molar-refractivity contribution >= 4 is 33.9 Å². The molecule has 1 aromatic carbocycles. The summed E-state index contributed by atoms with van der Waals surface area (Å²) in [5, 5.41) is 2.01. The van der Waals surface area contributed by atoms with E-state index in [4.69, 9.17) is 5.84 Å². The van der Waals surface area contributed by atoms with Crippen LogP contribution in [0.3, 0.4) is 0 Å². The molecule has 6 heteroatoms. The molecule has 1 unspecified atom stereocenters. The summed E-state index contributed by atoms with van der Waals surface area (Å²) in [6, 6.07) is 5.83. The van der Waals surface area contributed by atoms with Crippen molar-refractivity contribution in [3.8, 4) is 0 Å². The van der Waals surface area contributed by atoms with Crippen molar-refractivity contribution in [2.45, 2.75) is 12.5 Å². The molecule has 2 nitrogen and oxygen atoms in total. The Balaban J connectivity index is 2.17. The van der Waals surface area contributed by atoms with Gasteiger partial charge in [-0.05, 0) is 63.7 Å². The van der Waals surface area contributed by atoms with Crippen LogP contribution in [0.25, 0.3) is 0 Å². The second kappa shape index (κ2) is 6.05. The molecule has 1 aromatic heterocycles. The van der Waals surface area contributed by atoms with E-state index in [1.807, 2.05) is 11.4 Å². The summed E-state index contributed by atoms with van der Waals surface area (Å²) < 4.78 is 27.1. The Labute approximate surface area is 121 Å². The predicted octanol–water partition coefficient (Wildman–Crippen LogP) is 3.38. The zero-order valence-electron chi connectivity index (χ0n) is 9.29. The third-order valence-electron chi connectivity index (χ3n) is 2.62. The molecule has 0 aliphatic heterocycles. The summed E-state index contributed by atoms with van der Waals surface area (Å²) in [4.78, 5) is 0. The van der Waals surface area contributed by atoms with E-state index in [1.54, 1.807) is 17.4 Å². The molecule has 0 saturated heterocycles. The average molecular weight is 380 g/mol. The number of nitrogens with two attached hydrogens (primary N) is 1. The fraction of sp³-hybridized carbons (Fsp3) is 0.167. The molecular weight excluding hydrogens is 369 g/mol. The summed E-state index contributed by atoms with van der Waals surface area (Å²) >= 11 is 3.85. The fourth-order valence-electron chi connectivity index (χ4n) is 1.68. The van der Waals surface area contributed by atoms with Crippen LogP contribution in [0.2, 0.25) is 0 Å². The lowest BCUT2D eigenvalue weighted by atomic mass is 10.0. The van der Waals surface area contributed by atoms with Crippen LogP contribution in [0.1, 0.15) is 17.2 Å². The minimum Gasteiger partial charge on any atom is -0.271 e. The SMILES string of the molecule is NNC(Cc1ccc(F)c(F)c1)c1csc(I)c1. The number of halogens is 3. The van der Waals surface area contributed by atoms with Crippen LogP contribution >= 0.6 is 33.9 Å². The van der Waals surface area contributed by atoms with E-state index in [0.717, 1.165) is 14.5 Å². The van der Waals surface area contributed by atoms with Crippen LogP contribution in [0.5, 0.6) is 0 Å². The van der Waals surface area contributed by atoms with Gasteiger partial charge in [-0.3, -0.25) is 11.3 Å². The Morgan fingerprint density at radius 1 is 1.28 bits per heavy atom. The summed E-state index contributed by atoms with van der Waals surface area (Å²) in [7, 11) is 0. The van der Waals surface area contributed by atoms with Gasteiger partial charge in [-0.2, -0.15) is 0 Å². The highest BCUT2D eigenvalue weighted by atomic mass is 127. The molecule has 1 heterocycles. The van der Waals surface area contributed by atoms with Gasteiger partial charge < -0.3 is 0 Å². The van der Waals surface area contributed by atoms with Gasteiger partial charge in [-0.1, -0.05) is 6.07 Å². The van der Waals surface area contributed by atoms with Crippen molar-refractivity contribution in [3.63, 3.8) is 0 Å². The van der Waals surface area contributed by atoms with Crippen LogP contribution < -0.4 is 11.3 Å². The van der Waals surface area contributed by atoms with Crippen LogP contribution in [-0.2, 0) is 6.42 Å². The third kappa shape index (κ3) is 3.25. The molecule has 0 aliphatic carbocycles. The quantitative estimate of drug-likeness (QED) is 0.485. The van der Waals surface area contributed by atoms with E-state index in [1.165, 1.54) is 6.07 Å². The molecule has 0 saturated carbocycles. The zero-order chi connectivity index (χ0) is 13.1. The van der Waals surface area contributed by atoms with Crippen LogP contribution in [0.15, 0.2) is 29.6 Å². The van der Waals surface area contributed by atoms with Crippen LogP contribution in [-0.4, -0.2) is 0 Å². The molecule has 0 bridgehead atoms. The van der Waals surface area contributed by atoms with Crippen LogP contribution in [0.4, 0.5) is 8.78 Å². The minimum absolute atomic E-state index is 0.102. The maximum Gasteiger partial charge on any atom is 0.159 e. The van der Waals surface area contributed by atoms with Gasteiger partial charge in [0.15, 0.2) is 11.6 Å². The van der Waals surface area contributed by atoms with Gasteiger partial charge in [-0.25, -0.2) is 8.78 Å². The first-order valence-corrected chi connectivity index (χ1v) is 7.20. The lowest BCUT2D eigenvalue weighted by Gasteiger charge is -2.14. The largest absolute Gasteiger partial charge is 0.271 e. The van der Waals surface area contributed by atoms with E-state index < -0.39 is 11.6 Å². The van der Waals surface area contributed by atoms with E-state index in [9.17, 15) is 8.78 Å². The Hall–Kier alpha value is -0.570. The standard InChI is InChI=1S/C12H11F2IN2S/c13-9-2-1-7(3-10(9)14)4-11(17-16)8-5-12(15)18-6-8/h1-3,5-6,11,17H,4,16H2. The maximum absolute atomic E-state index is 13.1. The van der Waals surface area contributed by atoms with Crippen molar-refractivity contribution in [3.05, 3.63) is 55.3 Å².